The van der Waals surface area contributed by atoms with E-state index >= 15 is 0 Å². The second kappa shape index (κ2) is 7.99. The van der Waals surface area contributed by atoms with Crippen LogP contribution in [0.25, 0.3) is 10.6 Å². The van der Waals surface area contributed by atoms with Gasteiger partial charge in [-0.05, 0) is 24.1 Å². The molecule has 0 unspecified atom stereocenters. The molecular formula is C19H19N3O3S2. The lowest BCUT2D eigenvalue weighted by Gasteiger charge is -2.10. The second-order valence-corrected chi connectivity index (χ2v) is 8.34. The van der Waals surface area contributed by atoms with Gasteiger partial charge in [-0.25, -0.2) is 18.5 Å². The minimum atomic E-state index is -3.85. The third-order valence-electron chi connectivity index (χ3n) is 3.95. The SMILES string of the molecule is CCc1ccc(NC(=O)Cc2csc(-c3ccccc3)n2)cc1S(N)(=O)=O. The number of hydrogen-bond acceptors (Lipinski definition) is 5. The minimum absolute atomic E-state index is 0.0304. The summed E-state index contributed by atoms with van der Waals surface area (Å²) < 4.78 is 23.5. The van der Waals surface area contributed by atoms with Crippen LogP contribution in [-0.4, -0.2) is 19.3 Å². The molecule has 1 aromatic heterocycles. The number of sulfonamides is 1. The number of amides is 1. The van der Waals surface area contributed by atoms with Crippen molar-refractivity contribution in [2.45, 2.75) is 24.7 Å². The van der Waals surface area contributed by atoms with Crippen LogP contribution in [0.1, 0.15) is 18.2 Å². The summed E-state index contributed by atoms with van der Waals surface area (Å²) in [4.78, 5) is 16.8. The lowest BCUT2D eigenvalue weighted by molar-refractivity contribution is -0.115. The maximum atomic E-state index is 12.3. The predicted octanol–water partition coefficient (Wildman–Crippen LogP) is 3.20. The summed E-state index contributed by atoms with van der Waals surface area (Å²) in [7, 11) is -3.85. The van der Waals surface area contributed by atoms with Gasteiger partial charge in [0.1, 0.15) is 5.01 Å². The molecule has 0 radical (unpaired) electrons. The standard InChI is InChI=1S/C19H19N3O3S2/c1-2-13-8-9-15(10-17(13)27(20,24)25)21-18(23)11-16-12-26-19(22-16)14-6-4-3-5-7-14/h3-10,12H,2,11H2,1H3,(H,21,23)(H2,20,24,25). The number of primary sulfonamides is 1. The van der Waals surface area contributed by atoms with E-state index in [0.29, 0.717) is 23.4 Å². The Labute approximate surface area is 162 Å². The average molecular weight is 402 g/mol. The van der Waals surface area contributed by atoms with E-state index in [0.717, 1.165) is 10.6 Å². The Morgan fingerprint density at radius 1 is 1.19 bits per heavy atom. The first-order valence-corrected chi connectivity index (χ1v) is 10.7. The maximum absolute atomic E-state index is 12.3. The molecule has 0 atom stereocenters. The number of nitrogens with one attached hydrogen (secondary N) is 1. The molecule has 0 saturated heterocycles. The number of hydrogen-bond donors (Lipinski definition) is 2. The van der Waals surface area contributed by atoms with Crippen molar-refractivity contribution in [2.24, 2.45) is 5.14 Å². The highest BCUT2D eigenvalue weighted by atomic mass is 32.2. The maximum Gasteiger partial charge on any atom is 0.238 e. The Bertz CT molecular complexity index is 1060. The summed E-state index contributed by atoms with van der Waals surface area (Å²) in [6, 6.07) is 14.5. The fraction of sp³-hybridized carbons (Fsp3) is 0.158. The highest BCUT2D eigenvalue weighted by molar-refractivity contribution is 7.89. The Kier molecular flexibility index (Phi) is 5.69. The zero-order valence-electron chi connectivity index (χ0n) is 14.7. The molecule has 3 N–H and O–H groups in total. The topological polar surface area (TPSA) is 102 Å². The van der Waals surface area contributed by atoms with Crippen molar-refractivity contribution >= 4 is 33.0 Å². The molecule has 8 heteroatoms. The van der Waals surface area contributed by atoms with Crippen LogP contribution in [0.15, 0.2) is 58.8 Å². The van der Waals surface area contributed by atoms with Gasteiger partial charge in [-0.15, -0.1) is 11.3 Å². The second-order valence-electron chi connectivity index (χ2n) is 5.96. The van der Waals surface area contributed by atoms with Crippen LogP contribution in [0.4, 0.5) is 5.69 Å². The molecule has 3 rings (SSSR count). The lowest BCUT2D eigenvalue weighted by Crippen LogP contribution is -2.17. The number of aromatic nitrogens is 1. The van der Waals surface area contributed by atoms with E-state index < -0.39 is 10.0 Å². The van der Waals surface area contributed by atoms with E-state index in [-0.39, 0.29) is 17.2 Å². The molecule has 0 fully saturated rings. The van der Waals surface area contributed by atoms with Crippen LogP contribution in [0, 0.1) is 0 Å². The van der Waals surface area contributed by atoms with Crippen molar-refractivity contribution in [3.8, 4) is 10.6 Å². The number of carbonyl (C=O) groups excluding carboxylic acids is 1. The largest absolute Gasteiger partial charge is 0.326 e. The summed E-state index contributed by atoms with van der Waals surface area (Å²) in [5.74, 6) is -0.274. The van der Waals surface area contributed by atoms with Gasteiger partial charge in [-0.2, -0.15) is 0 Å². The molecular weight excluding hydrogens is 382 g/mol. The Hall–Kier alpha value is -2.55. The molecule has 2 aromatic carbocycles. The molecule has 1 amide bonds. The quantitative estimate of drug-likeness (QED) is 0.662. The van der Waals surface area contributed by atoms with E-state index in [4.69, 9.17) is 5.14 Å². The summed E-state index contributed by atoms with van der Waals surface area (Å²) >= 11 is 1.47. The lowest BCUT2D eigenvalue weighted by atomic mass is 10.1. The number of rotatable bonds is 6. The Balaban J connectivity index is 1.72. The zero-order valence-corrected chi connectivity index (χ0v) is 16.3. The normalized spacial score (nSPS) is 11.3. The van der Waals surface area contributed by atoms with Gasteiger partial charge >= 0.3 is 0 Å². The van der Waals surface area contributed by atoms with Crippen LogP contribution in [0.2, 0.25) is 0 Å². The first-order chi connectivity index (χ1) is 12.9. The fourth-order valence-electron chi connectivity index (χ4n) is 2.66. The Morgan fingerprint density at radius 2 is 1.93 bits per heavy atom. The third kappa shape index (κ3) is 4.79. The number of carbonyl (C=O) groups is 1. The van der Waals surface area contributed by atoms with Gasteiger partial charge in [0.25, 0.3) is 0 Å². The van der Waals surface area contributed by atoms with Gasteiger partial charge in [0.2, 0.25) is 15.9 Å². The molecule has 3 aromatic rings. The smallest absolute Gasteiger partial charge is 0.238 e. The van der Waals surface area contributed by atoms with Gasteiger partial charge in [0, 0.05) is 16.6 Å². The molecule has 0 aliphatic heterocycles. The predicted molar refractivity (Wildman–Crippen MR) is 107 cm³/mol. The number of anilines is 1. The fourth-order valence-corrected chi connectivity index (χ4v) is 4.36. The number of thiazole rings is 1. The molecule has 27 heavy (non-hydrogen) atoms. The van der Waals surface area contributed by atoms with Gasteiger partial charge in [-0.3, -0.25) is 4.79 Å². The van der Waals surface area contributed by atoms with Gasteiger partial charge in [-0.1, -0.05) is 43.3 Å². The summed E-state index contributed by atoms with van der Waals surface area (Å²) in [6.07, 6.45) is 0.630. The van der Waals surface area contributed by atoms with E-state index in [1.165, 1.54) is 17.4 Å². The molecule has 140 valence electrons. The summed E-state index contributed by atoms with van der Waals surface area (Å²) in [6.45, 7) is 1.84. The van der Waals surface area contributed by atoms with Crippen LogP contribution in [-0.2, 0) is 27.7 Å². The monoisotopic (exact) mass is 401 g/mol. The first-order valence-electron chi connectivity index (χ1n) is 8.32. The van der Waals surface area contributed by atoms with Crippen LogP contribution < -0.4 is 10.5 Å². The number of nitrogens with zero attached hydrogens (tertiary/aromatic N) is 1. The van der Waals surface area contributed by atoms with E-state index in [2.05, 4.69) is 10.3 Å². The molecule has 1 heterocycles. The van der Waals surface area contributed by atoms with E-state index in [1.54, 1.807) is 12.1 Å². The molecule has 0 bridgehead atoms. The van der Waals surface area contributed by atoms with Crippen molar-refractivity contribution in [3.63, 3.8) is 0 Å². The van der Waals surface area contributed by atoms with Gasteiger partial charge < -0.3 is 5.32 Å². The molecule has 6 nitrogen and oxygen atoms in total. The average Bonchev–Trinajstić information content (AvgIpc) is 3.10. The molecule has 0 aliphatic carbocycles. The van der Waals surface area contributed by atoms with Crippen molar-refractivity contribution < 1.29 is 13.2 Å². The third-order valence-corrected chi connectivity index (χ3v) is 5.89. The van der Waals surface area contributed by atoms with Crippen LogP contribution >= 0.6 is 11.3 Å². The minimum Gasteiger partial charge on any atom is -0.326 e. The van der Waals surface area contributed by atoms with Crippen LogP contribution in [0.3, 0.4) is 0 Å². The first kappa shape index (κ1) is 19.2. The van der Waals surface area contributed by atoms with Crippen molar-refractivity contribution in [1.29, 1.82) is 0 Å². The van der Waals surface area contributed by atoms with E-state index in [9.17, 15) is 13.2 Å². The van der Waals surface area contributed by atoms with Crippen molar-refractivity contribution in [1.82, 2.24) is 4.98 Å². The van der Waals surface area contributed by atoms with Gasteiger partial charge in [0.15, 0.2) is 0 Å². The van der Waals surface area contributed by atoms with Crippen LogP contribution in [0.5, 0.6) is 0 Å². The molecule has 0 aliphatic rings. The molecule has 0 saturated carbocycles. The van der Waals surface area contributed by atoms with Crippen molar-refractivity contribution in [3.05, 3.63) is 65.2 Å². The highest BCUT2D eigenvalue weighted by Gasteiger charge is 2.15. The van der Waals surface area contributed by atoms with Gasteiger partial charge in [0.05, 0.1) is 17.0 Å². The summed E-state index contributed by atoms with van der Waals surface area (Å²) in [5.41, 5.74) is 2.66. The van der Waals surface area contributed by atoms with E-state index in [1.807, 2.05) is 42.6 Å². The zero-order chi connectivity index (χ0) is 19.4. The number of benzene rings is 2. The Morgan fingerprint density at radius 3 is 2.59 bits per heavy atom. The number of nitrogens with two attached hydrogens (primary N) is 1. The molecule has 0 spiro atoms. The summed E-state index contributed by atoms with van der Waals surface area (Å²) in [5, 5.41) is 10.7. The van der Waals surface area contributed by atoms with Crippen molar-refractivity contribution in [2.75, 3.05) is 5.32 Å². The highest BCUT2D eigenvalue weighted by Crippen LogP contribution is 2.24. The number of aryl methyl sites for hydroxylation is 1.